The number of aromatic nitrogens is 9. The molecule has 0 spiro atoms. The Bertz CT molecular complexity index is 2140. The Hall–Kier alpha value is -2.84. The number of nitrogens with zero attached hydrogens (tertiary/aromatic N) is 8. The van der Waals surface area contributed by atoms with Gasteiger partial charge in [-0.2, -0.15) is 0 Å². The summed E-state index contributed by atoms with van der Waals surface area (Å²) < 4.78 is 60.3. The van der Waals surface area contributed by atoms with Crippen LogP contribution in [0.3, 0.4) is 0 Å². The predicted octanol–water partition coefficient (Wildman–Crippen LogP) is 1.75. The number of hydrogen-bond donors (Lipinski definition) is 5. The number of aromatic amines is 1. The minimum absolute atomic E-state index is 0.0527. The number of nitrogens with two attached hydrogens (primary N) is 1. The van der Waals surface area contributed by atoms with Gasteiger partial charge in [0.25, 0.3) is 5.56 Å². The second kappa shape index (κ2) is 11.1. The van der Waals surface area contributed by atoms with Crippen LogP contribution in [-0.2, 0) is 32.0 Å². The lowest BCUT2D eigenvalue weighted by molar-refractivity contribution is -0.0462. The molecule has 5 aromatic heterocycles. The number of thiol groups is 2. The predicted molar refractivity (Wildman–Crippen MR) is 165 cm³/mol. The van der Waals surface area contributed by atoms with Crippen molar-refractivity contribution < 1.29 is 37.1 Å². The molecule has 9 atom stereocenters. The minimum Gasteiger partial charge on any atom is -0.387 e. The molecule has 3 fully saturated rings. The van der Waals surface area contributed by atoms with Gasteiger partial charge in [0.15, 0.2) is 23.2 Å². The molecule has 7 heterocycles. The van der Waals surface area contributed by atoms with Gasteiger partial charge in [-0.05, 0) is 12.3 Å². The molecule has 8 rings (SSSR count). The Morgan fingerprint density at radius 1 is 0.978 bits per heavy atom. The van der Waals surface area contributed by atoms with Crippen LogP contribution in [0.1, 0.15) is 18.7 Å². The third-order valence-corrected chi connectivity index (χ3v) is 11.9. The van der Waals surface area contributed by atoms with Gasteiger partial charge in [0.05, 0.1) is 32.5 Å². The van der Waals surface area contributed by atoms with E-state index in [4.69, 9.17) is 28.6 Å². The summed E-state index contributed by atoms with van der Waals surface area (Å²) in [5.41, 5.74) is 6.72. The fourth-order valence-corrected chi connectivity index (χ4v) is 8.89. The first-order valence-corrected chi connectivity index (χ1v) is 19.3. The molecule has 5 aromatic rings. The van der Waals surface area contributed by atoms with Crippen LogP contribution in [0.25, 0.3) is 28.1 Å². The molecule has 1 aliphatic carbocycles. The van der Waals surface area contributed by atoms with Crippen molar-refractivity contribution in [1.82, 2.24) is 43.4 Å². The third kappa shape index (κ3) is 5.09. The summed E-state index contributed by atoms with van der Waals surface area (Å²) in [6.45, 7) is -8.72. The van der Waals surface area contributed by atoms with Crippen LogP contribution in [0.5, 0.6) is 0 Å². The van der Waals surface area contributed by atoms with E-state index in [1.165, 1.54) is 34.0 Å². The maximum Gasteiger partial charge on any atom is 0.386 e. The largest absolute Gasteiger partial charge is 0.387 e. The van der Waals surface area contributed by atoms with Crippen LogP contribution in [0.15, 0.2) is 36.2 Å². The van der Waals surface area contributed by atoms with Crippen LogP contribution in [0.4, 0.5) is 5.82 Å². The highest BCUT2D eigenvalue weighted by Gasteiger charge is 2.51. The second-order valence-corrected chi connectivity index (χ2v) is 17.0. The topological polar surface area (TPSA) is 238 Å². The Morgan fingerprint density at radius 2 is 1.74 bits per heavy atom. The molecule has 2 saturated heterocycles. The molecule has 46 heavy (non-hydrogen) atoms. The van der Waals surface area contributed by atoms with Crippen LogP contribution < -0.4 is 11.3 Å². The Kier molecular flexibility index (Phi) is 7.37. The maximum absolute atomic E-state index is 13.6. The molecular weight excluding hydrogens is 686 g/mol. The van der Waals surface area contributed by atoms with E-state index in [1.807, 2.05) is 4.57 Å². The Morgan fingerprint density at radius 3 is 2.59 bits per heavy atom. The monoisotopic (exact) mass is 712 g/mol. The number of nitrogens with one attached hydrogen (secondary N) is 1. The normalized spacial score (nSPS) is 35.7. The molecule has 19 nitrogen and oxygen atoms in total. The third-order valence-electron chi connectivity index (χ3n) is 8.60. The van der Waals surface area contributed by atoms with Crippen molar-refractivity contribution in [3.05, 3.63) is 41.7 Å². The van der Waals surface area contributed by atoms with Gasteiger partial charge < -0.3 is 34.2 Å². The highest BCUT2D eigenvalue weighted by molar-refractivity contribution is 8.44. The van der Waals surface area contributed by atoms with Crippen molar-refractivity contribution in [2.24, 2.45) is 11.8 Å². The van der Waals surface area contributed by atoms with Gasteiger partial charge in [0.1, 0.15) is 35.8 Å². The van der Waals surface area contributed by atoms with Crippen LogP contribution >= 0.6 is 38.1 Å². The van der Waals surface area contributed by atoms with Crippen LogP contribution in [0.2, 0.25) is 0 Å². The number of aliphatic hydroxyl groups is 1. The lowest BCUT2D eigenvalue weighted by Gasteiger charge is -2.45. The van der Waals surface area contributed by atoms with E-state index in [9.17, 15) is 19.0 Å². The van der Waals surface area contributed by atoms with Crippen LogP contribution in [-0.4, -0.2) is 86.7 Å². The van der Waals surface area contributed by atoms with Crippen LogP contribution in [0, 0.1) is 11.8 Å². The van der Waals surface area contributed by atoms with Gasteiger partial charge in [-0.15, -0.1) is 0 Å². The molecule has 0 aromatic carbocycles. The number of ether oxygens (including phenoxy) is 1. The number of H-pyrrole nitrogens is 1. The lowest BCUT2D eigenvalue weighted by atomic mass is 9.70. The highest BCUT2D eigenvalue weighted by atomic mass is 32.7. The molecule has 0 radical (unpaired) electrons. The van der Waals surface area contributed by atoms with Crippen molar-refractivity contribution in [3.63, 3.8) is 0 Å². The molecule has 0 unspecified atom stereocenters. The van der Waals surface area contributed by atoms with E-state index < -0.39 is 50.3 Å². The summed E-state index contributed by atoms with van der Waals surface area (Å²) in [5.74, 6) is -0.115. The summed E-state index contributed by atoms with van der Waals surface area (Å²) in [5, 5.41) is 11.3. The fourth-order valence-electron chi connectivity index (χ4n) is 6.22. The van der Waals surface area contributed by atoms with Gasteiger partial charge in [-0.25, -0.2) is 38.5 Å². The van der Waals surface area contributed by atoms with E-state index in [-0.39, 0.29) is 53.9 Å². The molecule has 2 bridgehead atoms. The van der Waals surface area contributed by atoms with Gasteiger partial charge >= 0.3 is 13.6 Å². The number of aliphatic hydroxyl groups excluding tert-OH is 1. The number of rotatable bonds is 2. The SMILES string of the molecule is Nc1ncnc2c1ncn2[C@@H]1C[C@@H]2CO[P@](=O)(S)O[C@@H]3[C@H](O)[C@@H](CO[P@@](=O)(S)OC[C@H]21)O[C@H]3n1cnc2c(=O)n3ccnc3[nH]c21. The molecular formula is C23H26N10O9P2S2. The smallest absolute Gasteiger partial charge is 0.386 e. The molecule has 3 aliphatic rings. The molecule has 244 valence electrons. The quantitative estimate of drug-likeness (QED) is 0.129. The van der Waals surface area contributed by atoms with E-state index in [0.717, 1.165) is 0 Å². The van der Waals surface area contributed by atoms with Crippen molar-refractivity contribution in [2.45, 2.75) is 37.0 Å². The number of imidazole rings is 3. The van der Waals surface area contributed by atoms with E-state index in [2.05, 4.69) is 54.4 Å². The average molecular weight is 713 g/mol. The minimum atomic E-state index is -4.14. The van der Waals surface area contributed by atoms with Crippen molar-refractivity contribution in [1.29, 1.82) is 0 Å². The van der Waals surface area contributed by atoms with Gasteiger partial charge in [-0.1, -0.05) is 24.5 Å². The standard InChI is InChI=1S/C23H26N10O9P2S2/c24-18-14-19(27-7-26-18)32(8-28-14)12-3-10-4-38-44(37,46)42-17-16(34)13(6-40-43(36,45)39-5-11(10)12)41-22(17)33-9-29-15-20(33)30-23-25-1-2-31(23)21(15)35/h1-2,7-13,16-17,22,34H,3-6H2,(H,25,30)(H,36,45)(H,37,46)(H2,24,26,27)/t10-,11-,12-,13-,16-,17-,22-,43+,44+/m1/s1. The molecule has 4 N–H and O–H groups in total. The van der Waals surface area contributed by atoms with Crippen molar-refractivity contribution in [3.8, 4) is 0 Å². The van der Waals surface area contributed by atoms with Gasteiger partial charge in [0.2, 0.25) is 5.78 Å². The van der Waals surface area contributed by atoms with E-state index in [0.29, 0.717) is 17.6 Å². The molecule has 1 saturated carbocycles. The second-order valence-electron chi connectivity index (χ2n) is 11.2. The zero-order chi connectivity index (χ0) is 32.0. The van der Waals surface area contributed by atoms with Crippen molar-refractivity contribution in [2.75, 3.05) is 25.6 Å². The Labute approximate surface area is 268 Å². The number of fused-ring (bicyclic) bond motifs is 6. The van der Waals surface area contributed by atoms with E-state index in [1.54, 1.807) is 6.33 Å². The summed E-state index contributed by atoms with van der Waals surface area (Å²) in [6, 6.07) is -0.224. The number of anilines is 1. The first-order chi connectivity index (χ1) is 22.0. The Balaban J connectivity index is 1.10. The van der Waals surface area contributed by atoms with Gasteiger partial charge in [-0.3, -0.25) is 18.4 Å². The fraction of sp³-hybridized carbons (Fsp3) is 0.478. The average Bonchev–Trinajstić information content (AvgIpc) is 3.79. The zero-order valence-corrected chi connectivity index (χ0v) is 27.0. The summed E-state index contributed by atoms with van der Waals surface area (Å²) in [6.07, 6.45) is 2.48. The lowest BCUT2D eigenvalue weighted by Crippen LogP contribution is -2.43. The number of nitrogen functional groups attached to an aromatic ring is 1. The van der Waals surface area contributed by atoms with E-state index >= 15 is 0 Å². The number of hydrogen-bond acceptors (Lipinski definition) is 15. The first-order valence-electron chi connectivity index (χ1n) is 14.0. The van der Waals surface area contributed by atoms with Gasteiger partial charge in [0, 0.05) is 24.4 Å². The highest BCUT2D eigenvalue weighted by Crippen LogP contribution is 2.60. The zero-order valence-electron chi connectivity index (χ0n) is 23.4. The maximum atomic E-state index is 13.6. The molecule has 0 amide bonds. The molecule has 2 aliphatic heterocycles. The first kappa shape index (κ1) is 30.5. The summed E-state index contributed by atoms with van der Waals surface area (Å²) in [7, 11) is 0. The summed E-state index contributed by atoms with van der Waals surface area (Å²) in [4.78, 5) is 36.9. The summed E-state index contributed by atoms with van der Waals surface area (Å²) >= 11 is 8.37. The van der Waals surface area contributed by atoms with Crippen molar-refractivity contribution >= 4 is 72.0 Å². The molecule has 23 heteroatoms.